The van der Waals surface area contributed by atoms with E-state index in [0.29, 0.717) is 5.02 Å². The maximum absolute atomic E-state index is 11.4. The quantitative estimate of drug-likeness (QED) is 0.623. The minimum Gasteiger partial charge on any atom is -0.348 e. The number of carbonyl (C=O) groups is 1. The van der Waals surface area contributed by atoms with Gasteiger partial charge in [0.05, 0.1) is 0 Å². The van der Waals surface area contributed by atoms with Gasteiger partial charge in [0, 0.05) is 5.02 Å². The van der Waals surface area contributed by atoms with Crippen LogP contribution in [0.4, 0.5) is 0 Å². The first kappa shape index (κ1) is 11.5. The summed E-state index contributed by atoms with van der Waals surface area (Å²) in [6.07, 6.45) is 0.663. The highest BCUT2D eigenvalue weighted by atomic mass is 35.5. The molecule has 2 aromatic carbocycles. The van der Waals surface area contributed by atoms with Crippen molar-refractivity contribution in [2.45, 2.75) is 11.7 Å². The number of aldehydes is 1. The van der Waals surface area contributed by atoms with Gasteiger partial charge in [-0.25, -0.2) is 0 Å². The third kappa shape index (κ3) is 1.74. The van der Waals surface area contributed by atoms with Crippen LogP contribution in [0.3, 0.4) is 0 Å². The first-order chi connectivity index (χ1) is 8.76. The van der Waals surface area contributed by atoms with Gasteiger partial charge in [0.1, 0.15) is 6.10 Å². The molecule has 2 nitrogen and oxygen atoms in total. The molecule has 1 aliphatic heterocycles. The fraction of sp³-hybridized carbons (Fsp3) is 0.133. The lowest BCUT2D eigenvalue weighted by Crippen LogP contribution is -2.11. The fourth-order valence-electron chi connectivity index (χ4n) is 2.19. The molecule has 0 N–H and O–H groups in total. The number of halogens is 1. The Kier molecular flexibility index (Phi) is 2.69. The molecule has 0 aliphatic carbocycles. The molecule has 1 saturated heterocycles. The van der Waals surface area contributed by atoms with Gasteiger partial charge in [-0.1, -0.05) is 54.1 Å². The number of rotatable bonds is 3. The first-order valence-corrected chi connectivity index (χ1v) is 6.09. The Morgan fingerprint density at radius 1 is 1.06 bits per heavy atom. The van der Waals surface area contributed by atoms with Gasteiger partial charge in [-0.05, 0) is 23.3 Å². The largest absolute Gasteiger partial charge is 0.348 e. The van der Waals surface area contributed by atoms with E-state index in [-0.39, 0.29) is 6.10 Å². The van der Waals surface area contributed by atoms with E-state index in [2.05, 4.69) is 0 Å². The van der Waals surface area contributed by atoms with Crippen LogP contribution in [0.1, 0.15) is 17.2 Å². The van der Waals surface area contributed by atoms with E-state index in [1.165, 1.54) is 0 Å². The zero-order valence-corrected chi connectivity index (χ0v) is 10.3. The highest BCUT2D eigenvalue weighted by Gasteiger charge is 2.58. The molecule has 0 radical (unpaired) electrons. The predicted octanol–water partition coefficient (Wildman–Crippen LogP) is 3.51. The molecule has 0 aromatic heterocycles. The molecule has 1 aliphatic rings. The van der Waals surface area contributed by atoms with Crippen molar-refractivity contribution in [1.82, 2.24) is 0 Å². The molecule has 0 saturated carbocycles. The van der Waals surface area contributed by atoms with Gasteiger partial charge in [-0.2, -0.15) is 0 Å². The number of benzene rings is 2. The number of ether oxygens (including phenoxy) is 1. The van der Waals surface area contributed by atoms with Crippen LogP contribution in [-0.2, 0) is 15.1 Å². The lowest BCUT2D eigenvalue weighted by atomic mass is 9.93. The molecule has 0 spiro atoms. The van der Waals surface area contributed by atoms with Crippen LogP contribution in [0.5, 0.6) is 0 Å². The van der Waals surface area contributed by atoms with Crippen molar-refractivity contribution in [2.24, 2.45) is 0 Å². The summed E-state index contributed by atoms with van der Waals surface area (Å²) in [5.41, 5.74) is 1.03. The first-order valence-electron chi connectivity index (χ1n) is 5.71. The summed E-state index contributed by atoms with van der Waals surface area (Å²) in [6, 6.07) is 16.9. The van der Waals surface area contributed by atoms with Gasteiger partial charge in [-0.3, -0.25) is 4.79 Å². The summed E-state index contributed by atoms with van der Waals surface area (Å²) in [7, 11) is 0. The smallest absolute Gasteiger partial charge is 0.179 e. The topological polar surface area (TPSA) is 29.6 Å². The average molecular weight is 259 g/mol. The molecule has 3 rings (SSSR count). The van der Waals surface area contributed by atoms with Crippen LogP contribution in [0.25, 0.3) is 0 Å². The monoisotopic (exact) mass is 258 g/mol. The van der Waals surface area contributed by atoms with E-state index >= 15 is 0 Å². The Bertz CT molecular complexity index is 565. The van der Waals surface area contributed by atoms with E-state index in [4.69, 9.17) is 16.3 Å². The minimum atomic E-state index is -0.824. The van der Waals surface area contributed by atoms with Crippen molar-refractivity contribution in [3.63, 3.8) is 0 Å². The van der Waals surface area contributed by atoms with Crippen LogP contribution >= 0.6 is 11.6 Å². The fourth-order valence-corrected chi connectivity index (χ4v) is 2.32. The summed E-state index contributed by atoms with van der Waals surface area (Å²) < 4.78 is 5.65. The van der Waals surface area contributed by atoms with E-state index < -0.39 is 5.60 Å². The van der Waals surface area contributed by atoms with Gasteiger partial charge in [-0.15, -0.1) is 0 Å². The highest BCUT2D eigenvalue weighted by Crippen LogP contribution is 2.55. The third-order valence-corrected chi connectivity index (χ3v) is 3.47. The molecule has 3 heteroatoms. The Hall–Kier alpha value is -1.64. The molecular weight excluding hydrogens is 248 g/mol. The van der Waals surface area contributed by atoms with Crippen molar-refractivity contribution in [2.75, 3.05) is 0 Å². The Balaban J connectivity index is 1.94. The summed E-state index contributed by atoms with van der Waals surface area (Å²) in [6.45, 7) is 0. The number of hydrogen-bond acceptors (Lipinski definition) is 2. The van der Waals surface area contributed by atoms with Crippen molar-refractivity contribution >= 4 is 17.9 Å². The number of hydrogen-bond donors (Lipinski definition) is 0. The molecule has 2 atom stereocenters. The summed E-state index contributed by atoms with van der Waals surface area (Å²) in [5.74, 6) is 0. The standard InChI is InChI=1S/C15H11ClO2/c16-13-8-6-11(7-9-13)14-15(10-17,18-14)12-4-2-1-3-5-12/h1-10,14H. The van der Waals surface area contributed by atoms with Crippen LogP contribution in [0.2, 0.25) is 5.02 Å². The predicted molar refractivity (Wildman–Crippen MR) is 69.5 cm³/mol. The van der Waals surface area contributed by atoms with Gasteiger partial charge in [0.25, 0.3) is 0 Å². The van der Waals surface area contributed by atoms with Gasteiger partial charge in [0.15, 0.2) is 11.9 Å². The normalized spacial score (nSPS) is 25.7. The number of epoxide rings is 1. The molecule has 2 unspecified atom stereocenters. The lowest BCUT2D eigenvalue weighted by molar-refractivity contribution is -0.112. The van der Waals surface area contributed by atoms with Crippen LogP contribution in [-0.4, -0.2) is 6.29 Å². The SMILES string of the molecule is O=CC1(c2ccccc2)OC1c1ccc(Cl)cc1. The Labute approximate surface area is 110 Å². The molecule has 18 heavy (non-hydrogen) atoms. The third-order valence-electron chi connectivity index (χ3n) is 3.22. The summed E-state index contributed by atoms with van der Waals surface area (Å²) >= 11 is 5.85. The van der Waals surface area contributed by atoms with Crippen LogP contribution < -0.4 is 0 Å². The van der Waals surface area contributed by atoms with Crippen molar-refractivity contribution in [3.05, 3.63) is 70.7 Å². The second-order valence-electron chi connectivity index (χ2n) is 4.33. The number of carbonyl (C=O) groups excluding carboxylic acids is 1. The van der Waals surface area contributed by atoms with Crippen molar-refractivity contribution in [1.29, 1.82) is 0 Å². The van der Waals surface area contributed by atoms with Crippen LogP contribution in [0, 0.1) is 0 Å². The second-order valence-corrected chi connectivity index (χ2v) is 4.76. The van der Waals surface area contributed by atoms with E-state index in [1.807, 2.05) is 42.5 Å². The molecule has 1 fully saturated rings. The molecular formula is C15H11ClO2. The Morgan fingerprint density at radius 3 is 2.33 bits per heavy atom. The molecule has 90 valence electrons. The van der Waals surface area contributed by atoms with E-state index in [0.717, 1.165) is 17.4 Å². The zero-order valence-electron chi connectivity index (χ0n) is 9.55. The molecule has 0 bridgehead atoms. The Morgan fingerprint density at radius 2 is 1.72 bits per heavy atom. The zero-order chi connectivity index (χ0) is 12.6. The second kappa shape index (κ2) is 4.23. The van der Waals surface area contributed by atoms with E-state index in [9.17, 15) is 4.79 Å². The lowest BCUT2D eigenvalue weighted by Gasteiger charge is -2.05. The van der Waals surface area contributed by atoms with Gasteiger partial charge in [0.2, 0.25) is 0 Å². The van der Waals surface area contributed by atoms with Gasteiger partial charge < -0.3 is 4.74 Å². The summed E-state index contributed by atoms with van der Waals surface area (Å²) in [5, 5.41) is 0.677. The average Bonchev–Trinajstić information content (AvgIpc) is 3.17. The molecule has 1 heterocycles. The maximum Gasteiger partial charge on any atom is 0.179 e. The van der Waals surface area contributed by atoms with E-state index in [1.54, 1.807) is 12.1 Å². The maximum atomic E-state index is 11.4. The minimum absolute atomic E-state index is 0.213. The molecule has 2 aromatic rings. The van der Waals surface area contributed by atoms with Crippen molar-refractivity contribution < 1.29 is 9.53 Å². The molecule has 0 amide bonds. The summed E-state index contributed by atoms with van der Waals surface area (Å²) in [4.78, 5) is 11.4. The van der Waals surface area contributed by atoms with Gasteiger partial charge >= 0.3 is 0 Å². The highest BCUT2D eigenvalue weighted by molar-refractivity contribution is 6.30. The van der Waals surface area contributed by atoms with Crippen molar-refractivity contribution in [3.8, 4) is 0 Å². The van der Waals surface area contributed by atoms with Crippen LogP contribution in [0.15, 0.2) is 54.6 Å².